The molecule has 0 amide bonds. The second kappa shape index (κ2) is 7.71. The minimum absolute atomic E-state index is 0.161. The predicted molar refractivity (Wildman–Crippen MR) is 84.7 cm³/mol. The summed E-state index contributed by atoms with van der Waals surface area (Å²) in [5.41, 5.74) is 0. The van der Waals surface area contributed by atoms with Crippen LogP contribution in [0.15, 0.2) is 0 Å². The third-order valence-electron chi connectivity index (χ3n) is 4.55. The molecule has 0 saturated carbocycles. The van der Waals surface area contributed by atoms with E-state index in [0.29, 0.717) is 5.92 Å². The zero-order valence-electron chi connectivity index (χ0n) is 13.7. The van der Waals surface area contributed by atoms with Gasteiger partial charge in [0.2, 0.25) is 0 Å². The van der Waals surface area contributed by atoms with E-state index in [1.807, 2.05) is 0 Å². The number of hydrogen-bond acceptors (Lipinski definition) is 1. The lowest BCUT2D eigenvalue weighted by atomic mass is 9.60. The van der Waals surface area contributed by atoms with E-state index in [-0.39, 0.29) is 11.4 Å². The Bertz CT molecular complexity index is 250. The Morgan fingerprint density at radius 2 is 1.95 bits per heavy atom. The molecular weight excluding hydrogens is 231 g/mol. The SMILES string of the molecule is [B]C(C)(CC(C)CCCC(C)C)C1CC(C)CCO1. The van der Waals surface area contributed by atoms with Crippen LogP contribution in [0.1, 0.15) is 73.1 Å². The zero-order chi connectivity index (χ0) is 14.5. The molecule has 0 N–H and O–H groups in total. The van der Waals surface area contributed by atoms with Gasteiger partial charge in [-0.15, -0.1) is 0 Å². The summed E-state index contributed by atoms with van der Waals surface area (Å²) in [5, 5.41) is -0.161. The first-order valence-electron chi connectivity index (χ1n) is 8.21. The molecule has 2 radical (unpaired) electrons. The second-order valence-corrected chi connectivity index (χ2v) is 7.63. The van der Waals surface area contributed by atoms with Crippen molar-refractivity contribution >= 4 is 7.85 Å². The van der Waals surface area contributed by atoms with Crippen LogP contribution in [0.3, 0.4) is 0 Å². The molecule has 2 heteroatoms. The maximum Gasteiger partial charge on any atom is 0.0777 e. The van der Waals surface area contributed by atoms with Gasteiger partial charge in [0, 0.05) is 6.61 Å². The third-order valence-corrected chi connectivity index (χ3v) is 4.55. The molecule has 0 aliphatic carbocycles. The maximum absolute atomic E-state index is 6.56. The normalized spacial score (nSPS) is 29.2. The molecule has 1 fully saturated rings. The van der Waals surface area contributed by atoms with Crippen molar-refractivity contribution < 1.29 is 4.74 Å². The van der Waals surface area contributed by atoms with Crippen molar-refractivity contribution in [3.63, 3.8) is 0 Å². The molecule has 1 saturated heterocycles. The van der Waals surface area contributed by atoms with E-state index >= 15 is 0 Å². The fourth-order valence-corrected chi connectivity index (χ4v) is 3.28. The summed E-state index contributed by atoms with van der Waals surface area (Å²) in [4.78, 5) is 0. The third kappa shape index (κ3) is 6.34. The smallest absolute Gasteiger partial charge is 0.0777 e. The lowest BCUT2D eigenvalue weighted by molar-refractivity contribution is -0.0333. The Morgan fingerprint density at radius 3 is 2.53 bits per heavy atom. The van der Waals surface area contributed by atoms with Crippen LogP contribution in [-0.4, -0.2) is 20.6 Å². The van der Waals surface area contributed by atoms with Crippen molar-refractivity contribution in [3.05, 3.63) is 0 Å². The first-order valence-corrected chi connectivity index (χ1v) is 8.21. The van der Waals surface area contributed by atoms with Gasteiger partial charge in [0.15, 0.2) is 0 Å². The van der Waals surface area contributed by atoms with Crippen LogP contribution in [-0.2, 0) is 4.74 Å². The van der Waals surface area contributed by atoms with Crippen LogP contribution in [0.4, 0.5) is 0 Å². The molecule has 1 rings (SSSR count). The highest BCUT2D eigenvalue weighted by Gasteiger charge is 2.34. The highest BCUT2D eigenvalue weighted by molar-refractivity contribution is 6.15. The summed E-state index contributed by atoms with van der Waals surface area (Å²) in [6.07, 6.45) is 7.63. The fourth-order valence-electron chi connectivity index (χ4n) is 3.28. The molecule has 4 unspecified atom stereocenters. The summed E-state index contributed by atoms with van der Waals surface area (Å²) in [6.45, 7) is 12.3. The van der Waals surface area contributed by atoms with Crippen molar-refractivity contribution in [2.24, 2.45) is 17.8 Å². The lowest BCUT2D eigenvalue weighted by Crippen LogP contribution is -2.36. The van der Waals surface area contributed by atoms with Gasteiger partial charge in [-0.1, -0.05) is 60.3 Å². The van der Waals surface area contributed by atoms with E-state index in [0.717, 1.165) is 31.3 Å². The monoisotopic (exact) mass is 264 g/mol. The molecule has 110 valence electrons. The average molecular weight is 264 g/mol. The molecule has 1 heterocycles. The van der Waals surface area contributed by atoms with E-state index in [4.69, 9.17) is 12.6 Å². The average Bonchev–Trinajstić information content (AvgIpc) is 2.27. The molecule has 1 aliphatic heterocycles. The van der Waals surface area contributed by atoms with Crippen molar-refractivity contribution in [2.75, 3.05) is 6.61 Å². The molecule has 1 nitrogen and oxygen atoms in total. The summed E-state index contributed by atoms with van der Waals surface area (Å²) in [7, 11) is 6.56. The van der Waals surface area contributed by atoms with E-state index in [9.17, 15) is 0 Å². The highest BCUT2D eigenvalue weighted by Crippen LogP contribution is 2.41. The van der Waals surface area contributed by atoms with E-state index in [1.54, 1.807) is 0 Å². The fraction of sp³-hybridized carbons (Fsp3) is 1.00. The highest BCUT2D eigenvalue weighted by atomic mass is 16.5. The Kier molecular flexibility index (Phi) is 6.93. The van der Waals surface area contributed by atoms with Gasteiger partial charge in [0.05, 0.1) is 14.0 Å². The largest absolute Gasteiger partial charge is 0.378 e. The molecule has 1 aliphatic rings. The molecule has 4 atom stereocenters. The Balaban J connectivity index is 2.35. The molecule has 0 bridgehead atoms. The van der Waals surface area contributed by atoms with Crippen molar-refractivity contribution in [3.8, 4) is 0 Å². The summed E-state index contributed by atoms with van der Waals surface area (Å²) < 4.78 is 5.93. The molecular formula is C17H33BO. The van der Waals surface area contributed by atoms with Gasteiger partial charge in [0.1, 0.15) is 0 Å². The maximum atomic E-state index is 6.56. The van der Waals surface area contributed by atoms with Gasteiger partial charge < -0.3 is 4.74 Å². The molecule has 0 aromatic rings. The van der Waals surface area contributed by atoms with E-state index in [1.165, 1.54) is 25.7 Å². The van der Waals surface area contributed by atoms with Crippen LogP contribution in [0.2, 0.25) is 5.31 Å². The number of hydrogen-bond donors (Lipinski definition) is 0. The zero-order valence-corrected chi connectivity index (χ0v) is 13.7. The lowest BCUT2D eigenvalue weighted by Gasteiger charge is -2.41. The van der Waals surface area contributed by atoms with Crippen molar-refractivity contribution in [2.45, 2.75) is 84.6 Å². The number of rotatable bonds is 7. The van der Waals surface area contributed by atoms with Gasteiger partial charge in [-0.2, -0.15) is 0 Å². The van der Waals surface area contributed by atoms with Gasteiger partial charge >= 0.3 is 0 Å². The Hall–Kier alpha value is 0.0249. The van der Waals surface area contributed by atoms with Crippen molar-refractivity contribution in [1.29, 1.82) is 0 Å². The quantitative estimate of drug-likeness (QED) is 0.588. The summed E-state index contributed by atoms with van der Waals surface area (Å²) >= 11 is 0. The summed E-state index contributed by atoms with van der Waals surface area (Å²) in [6, 6.07) is 0. The Morgan fingerprint density at radius 1 is 1.26 bits per heavy atom. The van der Waals surface area contributed by atoms with Crippen LogP contribution in [0, 0.1) is 17.8 Å². The molecule has 0 aromatic carbocycles. The van der Waals surface area contributed by atoms with Gasteiger partial charge in [-0.25, -0.2) is 0 Å². The van der Waals surface area contributed by atoms with Crippen LogP contribution in [0.25, 0.3) is 0 Å². The van der Waals surface area contributed by atoms with E-state index < -0.39 is 0 Å². The number of ether oxygens (including phenoxy) is 1. The first-order chi connectivity index (χ1) is 8.81. The van der Waals surface area contributed by atoms with Gasteiger partial charge in [0.25, 0.3) is 0 Å². The predicted octanol–water partition coefficient (Wildman–Crippen LogP) is 5.00. The van der Waals surface area contributed by atoms with Crippen LogP contribution in [0.5, 0.6) is 0 Å². The Labute approximate surface area is 122 Å². The van der Waals surface area contributed by atoms with Gasteiger partial charge in [-0.05, 0) is 35.9 Å². The van der Waals surface area contributed by atoms with Crippen LogP contribution < -0.4 is 0 Å². The summed E-state index contributed by atoms with van der Waals surface area (Å²) in [5.74, 6) is 2.28. The van der Waals surface area contributed by atoms with E-state index in [2.05, 4.69) is 34.6 Å². The second-order valence-electron chi connectivity index (χ2n) is 7.63. The van der Waals surface area contributed by atoms with Crippen LogP contribution >= 0.6 is 0 Å². The minimum atomic E-state index is -0.161. The first kappa shape index (κ1) is 17.1. The molecule has 0 aromatic heterocycles. The minimum Gasteiger partial charge on any atom is -0.378 e. The molecule has 0 spiro atoms. The van der Waals surface area contributed by atoms with Gasteiger partial charge in [-0.3, -0.25) is 0 Å². The molecule has 19 heavy (non-hydrogen) atoms. The topological polar surface area (TPSA) is 9.23 Å². The van der Waals surface area contributed by atoms with Crippen molar-refractivity contribution in [1.82, 2.24) is 0 Å². The standard InChI is InChI=1S/C17H33BO/c1-13(2)7-6-8-15(4)12-17(5,18)16-11-14(3)9-10-19-16/h13-16H,6-12H2,1-5H3.